The summed E-state index contributed by atoms with van der Waals surface area (Å²) < 4.78 is 68.5. The maximum atomic E-state index is 13.1. The number of hydrogen-bond donors (Lipinski definition) is 3. The standard InChI is InChI=1S/C77H150O17P2/c1-9-70(8)56-48-40-35-36-42-50-58-75(80)88-64-73(94-77(82)60-51-43-32-26-22-18-13-11-10-12-16-20-24-29-37-45-53-67(2)3)66-92-96(85,86)90-62-71(78)61-89-95(83,84)91-65-72(63-87-74(79)57-49-41-34-28-31-39-47-55-69(6)7)93-76(81)59-52-44-33-27-23-19-15-14-17-21-25-30-38-46-54-68(4)5/h67-73,78H,9-66H2,1-8H3,(H,83,84)(H,85,86)/t70?,71-,72-,73-/m1/s1. The topological polar surface area (TPSA) is 237 Å². The molecule has 0 aliphatic carbocycles. The van der Waals surface area contributed by atoms with Gasteiger partial charge in [-0.05, 0) is 49.4 Å². The number of carbonyl (C=O) groups excluding carboxylic acids is 4. The Kier molecular flexibility index (Phi) is 65.0. The maximum absolute atomic E-state index is 13.1. The summed E-state index contributed by atoms with van der Waals surface area (Å²) in [7, 11) is -9.91. The fraction of sp³-hybridized carbons (Fsp3) is 0.948. The molecule has 0 aliphatic heterocycles. The lowest BCUT2D eigenvalue weighted by molar-refractivity contribution is -0.161. The summed E-state index contributed by atoms with van der Waals surface area (Å²) in [5.74, 6) is 0.918. The van der Waals surface area contributed by atoms with Gasteiger partial charge in [0.1, 0.15) is 19.3 Å². The van der Waals surface area contributed by atoms with Gasteiger partial charge in [-0.3, -0.25) is 37.3 Å². The molecule has 0 heterocycles. The van der Waals surface area contributed by atoms with Crippen LogP contribution in [-0.2, 0) is 65.4 Å². The van der Waals surface area contributed by atoms with Crippen molar-refractivity contribution in [2.24, 2.45) is 23.7 Å². The van der Waals surface area contributed by atoms with Gasteiger partial charge in [-0.2, -0.15) is 0 Å². The zero-order valence-electron chi connectivity index (χ0n) is 63.0. The van der Waals surface area contributed by atoms with Crippen molar-refractivity contribution in [3.05, 3.63) is 0 Å². The lowest BCUT2D eigenvalue weighted by atomic mass is 10.00. The molecular weight excluding hydrogens is 1260 g/mol. The Bertz CT molecular complexity index is 1890. The third-order valence-electron chi connectivity index (χ3n) is 18.2. The number of phosphoric acid groups is 2. The van der Waals surface area contributed by atoms with Crippen LogP contribution >= 0.6 is 15.6 Å². The Hall–Kier alpha value is -1.94. The number of esters is 4. The van der Waals surface area contributed by atoms with Gasteiger partial charge in [0, 0.05) is 25.7 Å². The molecule has 0 aromatic heterocycles. The van der Waals surface area contributed by atoms with E-state index in [1.54, 1.807) is 0 Å². The molecule has 0 aromatic rings. The average Bonchev–Trinajstić information content (AvgIpc) is 3.70. The highest BCUT2D eigenvalue weighted by Gasteiger charge is 2.30. The van der Waals surface area contributed by atoms with Crippen LogP contribution < -0.4 is 0 Å². The van der Waals surface area contributed by atoms with E-state index in [1.165, 1.54) is 180 Å². The zero-order valence-corrected chi connectivity index (χ0v) is 64.8. The van der Waals surface area contributed by atoms with Crippen molar-refractivity contribution >= 4 is 39.5 Å². The van der Waals surface area contributed by atoms with E-state index in [0.29, 0.717) is 31.6 Å². The third kappa shape index (κ3) is 69.2. The number of aliphatic hydroxyl groups is 1. The van der Waals surface area contributed by atoms with Gasteiger partial charge in [0.25, 0.3) is 0 Å². The second-order valence-corrected chi connectivity index (χ2v) is 32.3. The Morgan fingerprint density at radius 2 is 0.500 bits per heavy atom. The van der Waals surface area contributed by atoms with Crippen molar-refractivity contribution in [3.63, 3.8) is 0 Å². The third-order valence-corrected chi connectivity index (χ3v) is 20.1. The first kappa shape index (κ1) is 94.1. The van der Waals surface area contributed by atoms with Gasteiger partial charge >= 0.3 is 39.5 Å². The molecule has 0 saturated heterocycles. The van der Waals surface area contributed by atoms with Crippen LogP contribution in [0, 0.1) is 23.7 Å². The smallest absolute Gasteiger partial charge is 0.462 e. The van der Waals surface area contributed by atoms with Crippen LogP contribution in [0.2, 0.25) is 0 Å². The van der Waals surface area contributed by atoms with E-state index in [4.69, 9.17) is 37.0 Å². The lowest BCUT2D eigenvalue weighted by Gasteiger charge is -2.21. The van der Waals surface area contributed by atoms with Crippen LogP contribution in [0.1, 0.15) is 389 Å². The van der Waals surface area contributed by atoms with Crippen LogP contribution in [-0.4, -0.2) is 96.7 Å². The summed E-state index contributed by atoms with van der Waals surface area (Å²) in [6.07, 6.45) is 51.5. The Morgan fingerprint density at radius 1 is 0.292 bits per heavy atom. The monoisotopic (exact) mass is 1410 g/mol. The van der Waals surface area contributed by atoms with Gasteiger partial charge in [-0.15, -0.1) is 0 Å². The van der Waals surface area contributed by atoms with Gasteiger partial charge in [0.15, 0.2) is 12.2 Å². The van der Waals surface area contributed by atoms with E-state index < -0.39 is 97.5 Å². The molecular formula is C77H150O17P2. The minimum Gasteiger partial charge on any atom is -0.462 e. The molecule has 0 bridgehead atoms. The first-order chi connectivity index (χ1) is 46.1. The average molecular weight is 1410 g/mol. The van der Waals surface area contributed by atoms with Crippen molar-refractivity contribution in [1.29, 1.82) is 0 Å². The molecule has 0 spiro atoms. The number of hydrogen-bond acceptors (Lipinski definition) is 15. The number of aliphatic hydroxyl groups excluding tert-OH is 1. The van der Waals surface area contributed by atoms with E-state index in [1.807, 2.05) is 0 Å². The van der Waals surface area contributed by atoms with Crippen molar-refractivity contribution in [2.75, 3.05) is 39.6 Å². The van der Waals surface area contributed by atoms with Gasteiger partial charge < -0.3 is 33.8 Å². The quantitative estimate of drug-likeness (QED) is 0.0222. The molecule has 0 fully saturated rings. The van der Waals surface area contributed by atoms with Crippen molar-refractivity contribution < 1.29 is 80.2 Å². The van der Waals surface area contributed by atoms with Crippen LogP contribution in [0.15, 0.2) is 0 Å². The normalized spacial score (nSPS) is 14.4. The number of carbonyl (C=O) groups is 4. The molecule has 0 aromatic carbocycles. The molecule has 0 amide bonds. The predicted molar refractivity (Wildman–Crippen MR) is 391 cm³/mol. The Labute approximate surface area is 588 Å². The first-order valence-corrected chi connectivity index (χ1v) is 42.7. The molecule has 3 unspecified atom stereocenters. The fourth-order valence-electron chi connectivity index (χ4n) is 11.7. The minimum absolute atomic E-state index is 0.106. The summed E-state index contributed by atoms with van der Waals surface area (Å²) in [6.45, 7) is 14.2. The molecule has 0 rings (SSSR count). The highest BCUT2D eigenvalue weighted by molar-refractivity contribution is 7.47. The van der Waals surface area contributed by atoms with E-state index in [0.717, 1.165) is 120 Å². The molecule has 6 atom stereocenters. The summed E-state index contributed by atoms with van der Waals surface area (Å²) in [5.41, 5.74) is 0. The maximum Gasteiger partial charge on any atom is 0.472 e. The molecule has 19 heteroatoms. The van der Waals surface area contributed by atoms with Crippen LogP contribution in [0.4, 0.5) is 0 Å². The summed E-state index contributed by atoms with van der Waals surface area (Å²) in [4.78, 5) is 72.8. The summed E-state index contributed by atoms with van der Waals surface area (Å²) in [6, 6.07) is 0. The summed E-state index contributed by atoms with van der Waals surface area (Å²) >= 11 is 0. The zero-order chi connectivity index (χ0) is 71.0. The molecule has 0 aliphatic rings. The predicted octanol–water partition coefficient (Wildman–Crippen LogP) is 22.4. The van der Waals surface area contributed by atoms with Gasteiger partial charge in [0.2, 0.25) is 0 Å². The van der Waals surface area contributed by atoms with E-state index in [-0.39, 0.29) is 25.7 Å². The van der Waals surface area contributed by atoms with Gasteiger partial charge in [0.05, 0.1) is 26.4 Å². The van der Waals surface area contributed by atoms with Gasteiger partial charge in [-0.1, -0.05) is 338 Å². The number of ether oxygens (including phenoxy) is 4. The Balaban J connectivity index is 5.20. The largest absolute Gasteiger partial charge is 0.472 e. The first-order valence-electron chi connectivity index (χ1n) is 39.7. The Morgan fingerprint density at radius 3 is 0.740 bits per heavy atom. The molecule has 570 valence electrons. The summed E-state index contributed by atoms with van der Waals surface area (Å²) in [5, 5.41) is 10.6. The second kappa shape index (κ2) is 66.3. The molecule has 3 N–H and O–H groups in total. The molecule has 17 nitrogen and oxygen atoms in total. The van der Waals surface area contributed by atoms with Crippen molar-refractivity contribution in [1.82, 2.24) is 0 Å². The fourth-order valence-corrected chi connectivity index (χ4v) is 13.3. The van der Waals surface area contributed by atoms with Crippen molar-refractivity contribution in [3.8, 4) is 0 Å². The molecule has 0 saturated carbocycles. The van der Waals surface area contributed by atoms with Gasteiger partial charge in [-0.25, -0.2) is 9.13 Å². The highest BCUT2D eigenvalue weighted by Crippen LogP contribution is 2.45. The molecule has 96 heavy (non-hydrogen) atoms. The molecule has 0 radical (unpaired) electrons. The van der Waals surface area contributed by atoms with E-state index in [9.17, 15) is 43.2 Å². The SMILES string of the molecule is CCC(C)CCCCCCCCC(=O)OC[C@H](COP(=O)(O)OC[C@H](O)COP(=O)(O)OC[C@@H](COC(=O)CCCCCCCCCC(C)C)OC(=O)CCCCCCCCCCCCCCCCC(C)C)OC(=O)CCCCCCCCCCCCCCCCCCC(C)C. The highest BCUT2D eigenvalue weighted by atomic mass is 31.2. The van der Waals surface area contributed by atoms with Crippen LogP contribution in [0.5, 0.6) is 0 Å². The number of phosphoric ester groups is 2. The van der Waals surface area contributed by atoms with E-state index >= 15 is 0 Å². The van der Waals surface area contributed by atoms with E-state index in [2.05, 4.69) is 55.4 Å². The lowest BCUT2D eigenvalue weighted by Crippen LogP contribution is -2.30. The van der Waals surface area contributed by atoms with Crippen molar-refractivity contribution in [2.45, 2.75) is 408 Å². The minimum atomic E-state index is -4.96. The number of rotatable bonds is 74. The van der Waals surface area contributed by atoms with Crippen LogP contribution in [0.3, 0.4) is 0 Å². The second-order valence-electron chi connectivity index (χ2n) is 29.4. The number of unbranched alkanes of at least 4 members (excludes halogenated alkanes) is 39. The van der Waals surface area contributed by atoms with Crippen LogP contribution in [0.25, 0.3) is 0 Å².